The number of amides is 3. The minimum absolute atomic E-state index is 0.0199. The smallest absolute Gasteiger partial charge is 0.262 e. The maximum absolute atomic E-state index is 12.4. The Labute approximate surface area is 179 Å². The molecule has 160 valence electrons. The highest BCUT2D eigenvalue weighted by atomic mass is 16.5. The summed E-state index contributed by atoms with van der Waals surface area (Å²) in [7, 11) is 1.59. The molecule has 8 nitrogen and oxygen atoms in total. The van der Waals surface area contributed by atoms with E-state index >= 15 is 0 Å². The first-order valence-corrected chi connectivity index (χ1v) is 10.1. The van der Waals surface area contributed by atoms with Gasteiger partial charge in [-0.1, -0.05) is 12.1 Å². The van der Waals surface area contributed by atoms with Gasteiger partial charge in [-0.25, -0.2) is 0 Å². The highest BCUT2D eigenvalue weighted by Crippen LogP contribution is 2.30. The minimum atomic E-state index is -0.309. The largest absolute Gasteiger partial charge is 0.484 e. The summed E-state index contributed by atoms with van der Waals surface area (Å²) < 4.78 is 7.40. The van der Waals surface area contributed by atoms with Crippen molar-refractivity contribution < 1.29 is 19.1 Å². The standard InChI is InChI=1S/C23H24N4O4/c1-24-21(28)13-27-10-9-15-7-8-18(12-20(15)27)25-22(29)14-31-19-4-2-3-17(11-19)26-23(30)16-5-6-16/h2-4,7-12,16H,5-6,13-14H2,1H3,(H,24,28)(H,25,29)(H,26,30). The molecule has 1 fully saturated rings. The van der Waals surface area contributed by atoms with E-state index < -0.39 is 0 Å². The first-order valence-electron chi connectivity index (χ1n) is 10.1. The number of hydrogen-bond acceptors (Lipinski definition) is 4. The van der Waals surface area contributed by atoms with E-state index in [4.69, 9.17) is 4.74 Å². The Morgan fingerprint density at radius 2 is 1.81 bits per heavy atom. The molecule has 0 saturated heterocycles. The van der Waals surface area contributed by atoms with Crippen molar-refractivity contribution in [2.24, 2.45) is 5.92 Å². The van der Waals surface area contributed by atoms with Crippen LogP contribution in [0, 0.1) is 5.92 Å². The number of benzene rings is 2. The first kappa shape index (κ1) is 20.5. The molecule has 0 bridgehead atoms. The third-order valence-electron chi connectivity index (χ3n) is 5.07. The molecule has 1 saturated carbocycles. The normalized spacial score (nSPS) is 12.9. The lowest BCUT2D eigenvalue weighted by atomic mass is 10.2. The van der Waals surface area contributed by atoms with E-state index in [1.807, 2.05) is 29.0 Å². The van der Waals surface area contributed by atoms with Crippen molar-refractivity contribution in [2.45, 2.75) is 19.4 Å². The number of fused-ring (bicyclic) bond motifs is 1. The van der Waals surface area contributed by atoms with Gasteiger partial charge in [-0.15, -0.1) is 0 Å². The van der Waals surface area contributed by atoms with Crippen LogP contribution in [-0.2, 0) is 20.9 Å². The third kappa shape index (κ3) is 5.22. The fraction of sp³-hybridized carbons (Fsp3) is 0.261. The summed E-state index contributed by atoms with van der Waals surface area (Å²) in [5.74, 6) is 0.224. The highest BCUT2D eigenvalue weighted by molar-refractivity contribution is 5.95. The Morgan fingerprint density at radius 1 is 1.00 bits per heavy atom. The predicted octanol–water partition coefficient (Wildman–Crippen LogP) is 2.75. The summed E-state index contributed by atoms with van der Waals surface area (Å²) in [6, 6.07) is 14.4. The number of anilines is 2. The molecular weight excluding hydrogens is 396 g/mol. The van der Waals surface area contributed by atoms with Crippen LogP contribution in [0.2, 0.25) is 0 Å². The van der Waals surface area contributed by atoms with Crippen molar-refractivity contribution in [1.82, 2.24) is 9.88 Å². The molecule has 4 rings (SSSR count). The molecule has 0 radical (unpaired) electrons. The molecule has 0 aliphatic heterocycles. The highest BCUT2D eigenvalue weighted by Gasteiger charge is 2.29. The van der Waals surface area contributed by atoms with Gasteiger partial charge in [-0.3, -0.25) is 14.4 Å². The van der Waals surface area contributed by atoms with Gasteiger partial charge in [-0.05, 0) is 48.6 Å². The molecule has 3 N–H and O–H groups in total. The van der Waals surface area contributed by atoms with Crippen molar-refractivity contribution in [1.29, 1.82) is 0 Å². The Hall–Kier alpha value is -3.81. The molecule has 3 amide bonds. The van der Waals surface area contributed by atoms with E-state index in [1.165, 1.54) is 0 Å². The molecule has 1 aromatic heterocycles. The minimum Gasteiger partial charge on any atom is -0.484 e. The quantitative estimate of drug-likeness (QED) is 0.522. The van der Waals surface area contributed by atoms with Crippen LogP contribution in [0.4, 0.5) is 11.4 Å². The molecule has 1 aliphatic carbocycles. The number of likely N-dealkylation sites (N-methyl/N-ethyl adjacent to an activating group) is 1. The maximum Gasteiger partial charge on any atom is 0.262 e. The van der Waals surface area contributed by atoms with Crippen molar-refractivity contribution >= 4 is 40.0 Å². The molecule has 8 heteroatoms. The van der Waals surface area contributed by atoms with Crippen molar-refractivity contribution in [3.8, 4) is 5.75 Å². The monoisotopic (exact) mass is 420 g/mol. The summed E-state index contributed by atoms with van der Waals surface area (Å²) in [6.45, 7) is 0.0332. The Balaban J connectivity index is 1.35. The molecule has 0 unspecified atom stereocenters. The van der Waals surface area contributed by atoms with E-state index in [-0.39, 0.29) is 36.8 Å². The van der Waals surface area contributed by atoms with Gasteiger partial charge < -0.3 is 25.3 Å². The van der Waals surface area contributed by atoms with E-state index in [1.54, 1.807) is 37.4 Å². The number of rotatable bonds is 8. The Bertz CT molecular complexity index is 1130. The summed E-state index contributed by atoms with van der Waals surface area (Å²) in [4.78, 5) is 35.9. The first-order chi connectivity index (χ1) is 15.0. The molecule has 1 heterocycles. The topological polar surface area (TPSA) is 101 Å². The maximum atomic E-state index is 12.4. The molecule has 31 heavy (non-hydrogen) atoms. The van der Waals surface area contributed by atoms with Crippen LogP contribution >= 0.6 is 0 Å². The van der Waals surface area contributed by atoms with Gasteiger partial charge >= 0.3 is 0 Å². The average molecular weight is 420 g/mol. The van der Waals surface area contributed by atoms with Crippen molar-refractivity contribution in [2.75, 3.05) is 24.3 Å². The second-order valence-electron chi connectivity index (χ2n) is 7.52. The van der Waals surface area contributed by atoms with Crippen LogP contribution in [0.5, 0.6) is 5.75 Å². The molecule has 3 aromatic rings. The fourth-order valence-corrected chi connectivity index (χ4v) is 3.23. The SMILES string of the molecule is CNC(=O)Cn1ccc2ccc(NC(=O)COc3cccc(NC(=O)C4CC4)c3)cc21. The Kier molecular flexibility index (Phi) is 5.88. The molecule has 2 aromatic carbocycles. The lowest BCUT2D eigenvalue weighted by Crippen LogP contribution is -2.23. The third-order valence-corrected chi connectivity index (χ3v) is 5.07. The van der Waals surface area contributed by atoms with Crippen LogP contribution in [0.25, 0.3) is 10.9 Å². The van der Waals surface area contributed by atoms with Gasteiger partial charge in [0, 0.05) is 36.6 Å². The number of carbonyl (C=O) groups excluding carboxylic acids is 3. The lowest BCUT2D eigenvalue weighted by molar-refractivity contribution is -0.121. The summed E-state index contributed by atoms with van der Waals surface area (Å²) in [5.41, 5.74) is 2.11. The van der Waals surface area contributed by atoms with Crippen molar-refractivity contribution in [3.05, 3.63) is 54.7 Å². The lowest BCUT2D eigenvalue weighted by Gasteiger charge is -2.10. The second kappa shape index (κ2) is 8.91. The zero-order valence-corrected chi connectivity index (χ0v) is 17.2. The molecular formula is C23H24N4O4. The van der Waals surface area contributed by atoms with Gasteiger partial charge in [0.05, 0.1) is 5.52 Å². The van der Waals surface area contributed by atoms with E-state index in [0.717, 1.165) is 23.7 Å². The van der Waals surface area contributed by atoms with Crippen LogP contribution < -0.4 is 20.7 Å². The van der Waals surface area contributed by atoms with Crippen LogP contribution in [0.1, 0.15) is 12.8 Å². The van der Waals surface area contributed by atoms with Crippen LogP contribution in [-0.4, -0.2) is 35.9 Å². The van der Waals surface area contributed by atoms with Gasteiger partial charge in [0.1, 0.15) is 12.3 Å². The van der Waals surface area contributed by atoms with Crippen LogP contribution in [0.15, 0.2) is 54.7 Å². The van der Waals surface area contributed by atoms with Crippen molar-refractivity contribution in [3.63, 3.8) is 0 Å². The van der Waals surface area contributed by atoms with Gasteiger partial charge in [0.25, 0.3) is 5.91 Å². The zero-order valence-electron chi connectivity index (χ0n) is 17.2. The fourth-order valence-electron chi connectivity index (χ4n) is 3.23. The zero-order chi connectivity index (χ0) is 21.8. The predicted molar refractivity (Wildman–Crippen MR) is 118 cm³/mol. The average Bonchev–Trinajstić information content (AvgIpc) is 3.55. The van der Waals surface area contributed by atoms with Gasteiger partial charge in [0.2, 0.25) is 11.8 Å². The number of nitrogens with zero attached hydrogens (tertiary/aromatic N) is 1. The van der Waals surface area contributed by atoms with Crippen LogP contribution in [0.3, 0.4) is 0 Å². The molecule has 1 aliphatic rings. The second-order valence-corrected chi connectivity index (χ2v) is 7.52. The Morgan fingerprint density at radius 3 is 2.58 bits per heavy atom. The number of ether oxygens (including phenoxy) is 1. The van der Waals surface area contributed by atoms with E-state index in [9.17, 15) is 14.4 Å². The molecule has 0 atom stereocenters. The van der Waals surface area contributed by atoms with Gasteiger partial charge in [-0.2, -0.15) is 0 Å². The summed E-state index contributed by atoms with van der Waals surface area (Å²) in [5, 5.41) is 9.25. The number of aromatic nitrogens is 1. The van der Waals surface area contributed by atoms with E-state index in [0.29, 0.717) is 17.1 Å². The summed E-state index contributed by atoms with van der Waals surface area (Å²) >= 11 is 0. The summed E-state index contributed by atoms with van der Waals surface area (Å²) in [6.07, 6.45) is 3.71. The number of carbonyl (C=O) groups is 3. The van der Waals surface area contributed by atoms with E-state index in [2.05, 4.69) is 16.0 Å². The number of nitrogens with one attached hydrogen (secondary N) is 3. The number of hydrogen-bond donors (Lipinski definition) is 3. The van der Waals surface area contributed by atoms with Gasteiger partial charge in [0.15, 0.2) is 6.61 Å². The molecule has 0 spiro atoms.